The van der Waals surface area contributed by atoms with Gasteiger partial charge in [0.1, 0.15) is 0 Å². The molecule has 24 heavy (non-hydrogen) atoms. The van der Waals surface area contributed by atoms with Crippen molar-refractivity contribution in [1.82, 2.24) is 5.32 Å². The normalized spacial score (nSPS) is 10.3. The van der Waals surface area contributed by atoms with Gasteiger partial charge in [0.25, 0.3) is 5.91 Å². The lowest BCUT2D eigenvalue weighted by Crippen LogP contribution is -2.24. The third-order valence-corrected chi connectivity index (χ3v) is 3.67. The zero-order valence-corrected chi connectivity index (χ0v) is 14.3. The molecule has 0 aliphatic heterocycles. The van der Waals surface area contributed by atoms with Gasteiger partial charge in [-0.3, -0.25) is 4.79 Å². The minimum absolute atomic E-state index is 0.211. The van der Waals surface area contributed by atoms with Crippen molar-refractivity contribution in [3.05, 3.63) is 59.2 Å². The second kappa shape index (κ2) is 8.93. The van der Waals surface area contributed by atoms with Crippen LogP contribution in [-0.4, -0.2) is 26.7 Å². The molecule has 1 amide bonds. The standard InChI is InChI=1S/C19H23NO4/c1-4-24-13-15-9-6-5-8-14(15)12-20-19(21)16-10-7-11-17(22-2)18(16)23-3/h5-11H,4,12-13H2,1-3H3,(H,20,21). The molecule has 0 unspecified atom stereocenters. The van der Waals surface area contributed by atoms with Crippen LogP contribution in [0.3, 0.4) is 0 Å². The largest absolute Gasteiger partial charge is 0.493 e. The first-order valence-electron chi connectivity index (χ1n) is 7.85. The molecule has 2 aromatic rings. The summed E-state index contributed by atoms with van der Waals surface area (Å²) < 4.78 is 16.0. The van der Waals surface area contributed by atoms with Crippen molar-refractivity contribution in [1.29, 1.82) is 0 Å². The van der Waals surface area contributed by atoms with E-state index in [0.717, 1.165) is 11.1 Å². The molecule has 0 fully saturated rings. The van der Waals surface area contributed by atoms with Gasteiger partial charge < -0.3 is 19.5 Å². The van der Waals surface area contributed by atoms with Crippen LogP contribution in [-0.2, 0) is 17.9 Å². The minimum atomic E-state index is -0.211. The molecule has 0 spiro atoms. The van der Waals surface area contributed by atoms with Crippen LogP contribution in [0.5, 0.6) is 11.5 Å². The summed E-state index contributed by atoms with van der Waals surface area (Å²) in [6.07, 6.45) is 0. The molecule has 0 atom stereocenters. The Labute approximate surface area is 142 Å². The molecule has 0 radical (unpaired) electrons. The molecule has 0 bridgehead atoms. The van der Waals surface area contributed by atoms with E-state index in [0.29, 0.717) is 36.8 Å². The van der Waals surface area contributed by atoms with Crippen LogP contribution in [0.15, 0.2) is 42.5 Å². The van der Waals surface area contributed by atoms with Crippen LogP contribution in [0, 0.1) is 0 Å². The van der Waals surface area contributed by atoms with Gasteiger partial charge in [0.15, 0.2) is 11.5 Å². The van der Waals surface area contributed by atoms with Crippen molar-refractivity contribution in [2.75, 3.05) is 20.8 Å². The fourth-order valence-corrected chi connectivity index (χ4v) is 2.42. The molecular formula is C19H23NO4. The number of amides is 1. The Bertz CT molecular complexity index is 685. The molecule has 128 valence electrons. The SMILES string of the molecule is CCOCc1ccccc1CNC(=O)c1cccc(OC)c1OC. The Kier molecular flexibility index (Phi) is 6.63. The van der Waals surface area contributed by atoms with Crippen LogP contribution in [0.2, 0.25) is 0 Å². The maximum atomic E-state index is 12.5. The molecule has 5 nitrogen and oxygen atoms in total. The zero-order chi connectivity index (χ0) is 17.4. The van der Waals surface area contributed by atoms with E-state index in [9.17, 15) is 4.79 Å². The highest BCUT2D eigenvalue weighted by Gasteiger charge is 2.16. The van der Waals surface area contributed by atoms with E-state index >= 15 is 0 Å². The predicted molar refractivity (Wildman–Crippen MR) is 92.5 cm³/mol. The number of carbonyl (C=O) groups excluding carboxylic acids is 1. The topological polar surface area (TPSA) is 56.8 Å². The Morgan fingerprint density at radius 2 is 1.75 bits per heavy atom. The van der Waals surface area contributed by atoms with Crippen molar-refractivity contribution in [2.24, 2.45) is 0 Å². The zero-order valence-electron chi connectivity index (χ0n) is 14.3. The fraction of sp³-hybridized carbons (Fsp3) is 0.316. The molecule has 0 aromatic heterocycles. The summed E-state index contributed by atoms with van der Waals surface area (Å²) >= 11 is 0. The summed E-state index contributed by atoms with van der Waals surface area (Å²) in [6.45, 7) is 3.56. The van der Waals surface area contributed by atoms with E-state index in [-0.39, 0.29) is 5.91 Å². The average molecular weight is 329 g/mol. The van der Waals surface area contributed by atoms with Crippen molar-refractivity contribution >= 4 is 5.91 Å². The summed E-state index contributed by atoms with van der Waals surface area (Å²) in [7, 11) is 3.07. The van der Waals surface area contributed by atoms with Crippen molar-refractivity contribution in [3.8, 4) is 11.5 Å². The first-order chi connectivity index (χ1) is 11.7. The van der Waals surface area contributed by atoms with Crippen molar-refractivity contribution < 1.29 is 19.0 Å². The highest BCUT2D eigenvalue weighted by atomic mass is 16.5. The Morgan fingerprint density at radius 3 is 2.42 bits per heavy atom. The fourth-order valence-electron chi connectivity index (χ4n) is 2.42. The molecule has 2 aromatic carbocycles. The first kappa shape index (κ1) is 17.8. The lowest BCUT2D eigenvalue weighted by Gasteiger charge is -2.14. The van der Waals surface area contributed by atoms with Gasteiger partial charge in [0.05, 0.1) is 26.4 Å². The molecular weight excluding hydrogens is 306 g/mol. The summed E-state index contributed by atoms with van der Waals surface area (Å²) in [5.41, 5.74) is 2.54. The second-order valence-electron chi connectivity index (χ2n) is 5.13. The number of methoxy groups -OCH3 is 2. The molecule has 0 saturated heterocycles. The molecule has 0 aliphatic rings. The Morgan fingerprint density at radius 1 is 1.00 bits per heavy atom. The maximum absolute atomic E-state index is 12.5. The lowest BCUT2D eigenvalue weighted by molar-refractivity contribution is 0.0946. The first-order valence-corrected chi connectivity index (χ1v) is 7.85. The molecule has 2 rings (SSSR count). The Balaban J connectivity index is 2.12. The van der Waals surface area contributed by atoms with E-state index in [1.807, 2.05) is 31.2 Å². The van der Waals surface area contributed by atoms with Gasteiger partial charge in [-0.05, 0) is 30.2 Å². The summed E-state index contributed by atoms with van der Waals surface area (Å²) in [5.74, 6) is 0.749. The highest BCUT2D eigenvalue weighted by Crippen LogP contribution is 2.30. The number of nitrogens with one attached hydrogen (secondary N) is 1. The maximum Gasteiger partial charge on any atom is 0.255 e. The van der Waals surface area contributed by atoms with E-state index < -0.39 is 0 Å². The minimum Gasteiger partial charge on any atom is -0.493 e. The summed E-state index contributed by atoms with van der Waals surface area (Å²) in [4.78, 5) is 12.5. The predicted octanol–water partition coefficient (Wildman–Crippen LogP) is 3.17. The number of carbonyl (C=O) groups is 1. The molecule has 0 aliphatic carbocycles. The van der Waals surface area contributed by atoms with Gasteiger partial charge in [0.2, 0.25) is 0 Å². The van der Waals surface area contributed by atoms with Crippen LogP contribution in [0.25, 0.3) is 0 Å². The second-order valence-corrected chi connectivity index (χ2v) is 5.13. The molecule has 1 N–H and O–H groups in total. The quantitative estimate of drug-likeness (QED) is 0.808. The van der Waals surface area contributed by atoms with E-state index in [4.69, 9.17) is 14.2 Å². The van der Waals surface area contributed by atoms with Gasteiger partial charge in [0, 0.05) is 13.2 Å². The van der Waals surface area contributed by atoms with E-state index in [2.05, 4.69) is 5.32 Å². The van der Waals surface area contributed by atoms with E-state index in [1.165, 1.54) is 7.11 Å². The van der Waals surface area contributed by atoms with Crippen molar-refractivity contribution in [3.63, 3.8) is 0 Å². The molecule has 0 saturated carbocycles. The number of benzene rings is 2. The number of para-hydroxylation sites is 1. The van der Waals surface area contributed by atoms with Crippen LogP contribution >= 0.6 is 0 Å². The van der Waals surface area contributed by atoms with Crippen LogP contribution in [0.1, 0.15) is 28.4 Å². The third kappa shape index (κ3) is 4.26. The van der Waals surface area contributed by atoms with Gasteiger partial charge in [-0.2, -0.15) is 0 Å². The van der Waals surface area contributed by atoms with Gasteiger partial charge in [-0.1, -0.05) is 30.3 Å². The van der Waals surface area contributed by atoms with Gasteiger partial charge >= 0.3 is 0 Å². The smallest absolute Gasteiger partial charge is 0.255 e. The Hall–Kier alpha value is -2.53. The van der Waals surface area contributed by atoms with Crippen molar-refractivity contribution in [2.45, 2.75) is 20.1 Å². The summed E-state index contributed by atoms with van der Waals surface area (Å²) in [6, 6.07) is 13.1. The third-order valence-electron chi connectivity index (χ3n) is 3.67. The van der Waals surface area contributed by atoms with Gasteiger partial charge in [-0.15, -0.1) is 0 Å². The monoisotopic (exact) mass is 329 g/mol. The van der Waals surface area contributed by atoms with Crippen LogP contribution < -0.4 is 14.8 Å². The summed E-state index contributed by atoms with van der Waals surface area (Å²) in [5, 5.41) is 2.93. The number of ether oxygens (including phenoxy) is 3. The number of hydrogen-bond donors (Lipinski definition) is 1. The highest BCUT2D eigenvalue weighted by molar-refractivity contribution is 5.97. The number of hydrogen-bond acceptors (Lipinski definition) is 4. The van der Waals surface area contributed by atoms with E-state index in [1.54, 1.807) is 25.3 Å². The van der Waals surface area contributed by atoms with Crippen LogP contribution in [0.4, 0.5) is 0 Å². The number of rotatable bonds is 8. The lowest BCUT2D eigenvalue weighted by atomic mass is 10.1. The van der Waals surface area contributed by atoms with Gasteiger partial charge in [-0.25, -0.2) is 0 Å². The molecule has 0 heterocycles. The molecule has 5 heteroatoms. The average Bonchev–Trinajstić information content (AvgIpc) is 2.64.